The van der Waals surface area contributed by atoms with Crippen LogP contribution in [0.25, 0.3) is 0 Å². The van der Waals surface area contributed by atoms with E-state index in [9.17, 15) is 10.1 Å². The van der Waals surface area contributed by atoms with Crippen molar-refractivity contribution >= 4 is 5.69 Å². The molecule has 1 aromatic rings. The van der Waals surface area contributed by atoms with E-state index in [4.69, 9.17) is 0 Å². The van der Waals surface area contributed by atoms with Crippen LogP contribution in [0.2, 0.25) is 0 Å². The summed E-state index contributed by atoms with van der Waals surface area (Å²) >= 11 is 0. The van der Waals surface area contributed by atoms with Crippen molar-refractivity contribution in [3.8, 4) is 0 Å². The molecule has 1 aliphatic rings. The van der Waals surface area contributed by atoms with Crippen molar-refractivity contribution in [3.63, 3.8) is 0 Å². The van der Waals surface area contributed by atoms with Crippen molar-refractivity contribution < 1.29 is 4.92 Å². The Morgan fingerprint density at radius 3 is 2.89 bits per heavy atom. The van der Waals surface area contributed by atoms with E-state index in [1.165, 1.54) is 31.7 Å². The summed E-state index contributed by atoms with van der Waals surface area (Å²) in [5, 5.41) is 18.0. The Labute approximate surface area is 113 Å². The molecule has 0 bridgehead atoms. The van der Waals surface area contributed by atoms with E-state index in [2.05, 4.69) is 24.3 Å². The van der Waals surface area contributed by atoms with Crippen LogP contribution in [0.1, 0.15) is 33.1 Å². The Kier molecular flexibility index (Phi) is 4.52. The number of hydrogen-bond acceptors (Lipinski definition) is 4. The van der Waals surface area contributed by atoms with Gasteiger partial charge < -0.3 is 5.32 Å². The van der Waals surface area contributed by atoms with Crippen LogP contribution in [-0.2, 0) is 6.54 Å². The molecule has 0 radical (unpaired) electrons. The first-order chi connectivity index (χ1) is 9.06. The molecular weight excluding hydrogens is 244 g/mol. The molecule has 0 aromatic carbocycles. The topological polar surface area (TPSA) is 73.0 Å². The summed E-state index contributed by atoms with van der Waals surface area (Å²) in [7, 11) is 0. The summed E-state index contributed by atoms with van der Waals surface area (Å²) in [4.78, 5) is 10.1. The molecule has 0 unspecified atom stereocenters. The van der Waals surface area contributed by atoms with Gasteiger partial charge in [0.25, 0.3) is 0 Å². The molecular formula is C13H22N4O2. The standard InChI is InChI=1S/C13H22N4O2/c1-10-3-4-12(7-11(10)2)14-5-6-16-9-13(8-15-16)17(18)19/h8-12,14H,3-7H2,1-2H3/t10-,11+,12+/m1/s1. The molecule has 6 nitrogen and oxygen atoms in total. The smallest absolute Gasteiger partial charge is 0.306 e. The van der Waals surface area contributed by atoms with Crippen LogP contribution in [0.4, 0.5) is 5.69 Å². The third-order valence-corrected chi connectivity index (χ3v) is 4.20. The van der Waals surface area contributed by atoms with Crippen LogP contribution in [0, 0.1) is 22.0 Å². The minimum Gasteiger partial charge on any atom is -0.312 e. The van der Waals surface area contributed by atoms with E-state index >= 15 is 0 Å². The Morgan fingerprint density at radius 2 is 2.26 bits per heavy atom. The molecule has 1 heterocycles. The number of nitrogens with zero attached hydrogens (tertiary/aromatic N) is 3. The maximum absolute atomic E-state index is 10.5. The zero-order valence-electron chi connectivity index (χ0n) is 11.6. The van der Waals surface area contributed by atoms with E-state index in [1.807, 2.05) is 0 Å². The number of aromatic nitrogens is 2. The fourth-order valence-electron chi connectivity index (χ4n) is 2.69. The molecule has 2 rings (SSSR count). The highest BCUT2D eigenvalue weighted by Crippen LogP contribution is 2.29. The highest BCUT2D eigenvalue weighted by molar-refractivity contribution is 5.20. The lowest BCUT2D eigenvalue weighted by atomic mass is 9.79. The number of nitrogens with one attached hydrogen (secondary N) is 1. The van der Waals surface area contributed by atoms with Crippen LogP contribution in [-0.4, -0.2) is 27.3 Å². The van der Waals surface area contributed by atoms with Gasteiger partial charge in [0.15, 0.2) is 0 Å². The summed E-state index contributed by atoms with van der Waals surface area (Å²) < 4.78 is 1.63. The van der Waals surface area contributed by atoms with Gasteiger partial charge in [0.2, 0.25) is 0 Å². The molecule has 1 saturated carbocycles. The average Bonchev–Trinajstić information content (AvgIpc) is 2.83. The lowest BCUT2D eigenvalue weighted by Crippen LogP contribution is -2.37. The highest BCUT2D eigenvalue weighted by Gasteiger charge is 2.23. The maximum Gasteiger partial charge on any atom is 0.306 e. The monoisotopic (exact) mass is 266 g/mol. The van der Waals surface area contributed by atoms with Crippen molar-refractivity contribution in [2.45, 2.75) is 45.7 Å². The first kappa shape index (κ1) is 14.0. The first-order valence-electron chi connectivity index (χ1n) is 6.96. The quantitative estimate of drug-likeness (QED) is 0.655. The minimum atomic E-state index is -0.416. The molecule has 19 heavy (non-hydrogen) atoms. The van der Waals surface area contributed by atoms with Crippen LogP contribution < -0.4 is 5.32 Å². The average molecular weight is 266 g/mol. The number of rotatable bonds is 5. The Balaban J connectivity index is 1.72. The van der Waals surface area contributed by atoms with Gasteiger partial charge in [-0.25, -0.2) is 0 Å². The zero-order valence-corrected chi connectivity index (χ0v) is 11.6. The van der Waals surface area contributed by atoms with Crippen LogP contribution in [0.15, 0.2) is 12.4 Å². The Hall–Kier alpha value is -1.43. The summed E-state index contributed by atoms with van der Waals surface area (Å²) in [6.45, 7) is 6.12. The molecule has 0 aliphatic heterocycles. The molecule has 6 heteroatoms. The largest absolute Gasteiger partial charge is 0.312 e. The van der Waals surface area contributed by atoms with E-state index in [1.54, 1.807) is 4.68 Å². The van der Waals surface area contributed by atoms with E-state index in [0.29, 0.717) is 12.6 Å². The van der Waals surface area contributed by atoms with Crippen molar-refractivity contribution in [2.24, 2.45) is 11.8 Å². The van der Waals surface area contributed by atoms with Crippen LogP contribution in [0.5, 0.6) is 0 Å². The molecule has 0 amide bonds. The third-order valence-electron chi connectivity index (χ3n) is 4.20. The number of nitro groups is 1. The summed E-state index contributed by atoms with van der Waals surface area (Å²) in [5.41, 5.74) is 0.0557. The fraction of sp³-hybridized carbons (Fsp3) is 0.769. The zero-order chi connectivity index (χ0) is 13.8. The van der Waals surface area contributed by atoms with Gasteiger partial charge in [0, 0.05) is 12.6 Å². The second-order valence-corrected chi connectivity index (χ2v) is 5.64. The lowest BCUT2D eigenvalue weighted by Gasteiger charge is -2.32. The normalized spacial score (nSPS) is 27.4. The van der Waals surface area contributed by atoms with Gasteiger partial charge in [-0.1, -0.05) is 13.8 Å². The van der Waals surface area contributed by atoms with Crippen LogP contribution >= 0.6 is 0 Å². The van der Waals surface area contributed by atoms with Crippen molar-refractivity contribution in [2.75, 3.05) is 6.54 Å². The molecule has 1 aliphatic carbocycles. The van der Waals surface area contributed by atoms with Gasteiger partial charge >= 0.3 is 5.69 Å². The van der Waals surface area contributed by atoms with E-state index in [-0.39, 0.29) is 5.69 Å². The van der Waals surface area contributed by atoms with Gasteiger partial charge in [-0.2, -0.15) is 5.10 Å². The lowest BCUT2D eigenvalue weighted by molar-refractivity contribution is -0.385. The molecule has 1 N–H and O–H groups in total. The Bertz CT molecular complexity index is 432. The Morgan fingerprint density at radius 1 is 1.47 bits per heavy atom. The van der Waals surface area contributed by atoms with E-state index in [0.717, 1.165) is 18.4 Å². The molecule has 1 fully saturated rings. The van der Waals surface area contributed by atoms with Crippen molar-refractivity contribution in [1.29, 1.82) is 0 Å². The second kappa shape index (κ2) is 6.14. The van der Waals surface area contributed by atoms with Gasteiger partial charge in [-0.15, -0.1) is 0 Å². The van der Waals surface area contributed by atoms with Crippen molar-refractivity contribution in [3.05, 3.63) is 22.5 Å². The molecule has 0 spiro atoms. The highest BCUT2D eigenvalue weighted by atomic mass is 16.6. The molecule has 0 saturated heterocycles. The first-order valence-corrected chi connectivity index (χ1v) is 6.96. The summed E-state index contributed by atoms with van der Waals surface area (Å²) in [6, 6.07) is 0.580. The van der Waals surface area contributed by atoms with Gasteiger partial charge in [0.1, 0.15) is 12.4 Å². The maximum atomic E-state index is 10.5. The summed E-state index contributed by atoms with van der Waals surface area (Å²) in [5.74, 6) is 1.60. The number of hydrogen-bond donors (Lipinski definition) is 1. The third kappa shape index (κ3) is 3.76. The predicted molar refractivity (Wildman–Crippen MR) is 72.9 cm³/mol. The van der Waals surface area contributed by atoms with Gasteiger partial charge in [-0.05, 0) is 31.1 Å². The molecule has 3 atom stereocenters. The fourth-order valence-corrected chi connectivity index (χ4v) is 2.69. The SMILES string of the molecule is C[C@@H]1CC[C@H](NCCn2cc([N+](=O)[O-])cn2)C[C@@H]1C. The minimum absolute atomic E-state index is 0.0557. The van der Waals surface area contributed by atoms with Gasteiger partial charge in [-0.3, -0.25) is 14.8 Å². The van der Waals surface area contributed by atoms with Gasteiger partial charge in [0.05, 0.1) is 11.5 Å². The predicted octanol–water partition coefficient (Wildman–Crippen LogP) is 2.21. The molecule has 1 aromatic heterocycles. The molecule has 106 valence electrons. The van der Waals surface area contributed by atoms with Crippen molar-refractivity contribution in [1.82, 2.24) is 15.1 Å². The summed E-state index contributed by atoms with van der Waals surface area (Å²) in [6.07, 6.45) is 6.51. The van der Waals surface area contributed by atoms with Crippen LogP contribution in [0.3, 0.4) is 0 Å². The van der Waals surface area contributed by atoms with E-state index < -0.39 is 4.92 Å². The second-order valence-electron chi connectivity index (χ2n) is 5.64.